The summed E-state index contributed by atoms with van der Waals surface area (Å²) in [6.07, 6.45) is 0. The highest BCUT2D eigenvalue weighted by molar-refractivity contribution is 5.92. The number of carbonyl (C=O) groups excluding carboxylic acids is 1. The number of carbonyl (C=O) groups is 1. The van der Waals surface area contributed by atoms with E-state index in [9.17, 15) is 4.79 Å². The number of hydrogen-bond donors (Lipinski definition) is 0. The smallest absolute Gasteiger partial charge is 0.337 e. The van der Waals surface area contributed by atoms with E-state index in [0.717, 1.165) is 30.0 Å². The second kappa shape index (κ2) is 7.11. The Labute approximate surface area is 147 Å². The summed E-state index contributed by atoms with van der Waals surface area (Å²) in [4.78, 5) is 14.4. The van der Waals surface area contributed by atoms with Crippen LogP contribution in [0, 0.1) is 5.92 Å². The SMILES string of the molecule is O=C1OCC2CN(Cc3ccccc3)CC(OCc3ccccc3)=C12. The van der Waals surface area contributed by atoms with Gasteiger partial charge in [-0.3, -0.25) is 4.90 Å². The number of hydrogen-bond acceptors (Lipinski definition) is 4. The van der Waals surface area contributed by atoms with Crippen LogP contribution in [0.25, 0.3) is 0 Å². The molecule has 2 aromatic rings. The van der Waals surface area contributed by atoms with Crippen molar-refractivity contribution in [2.24, 2.45) is 5.92 Å². The number of benzene rings is 2. The average molecular weight is 335 g/mol. The fourth-order valence-electron chi connectivity index (χ4n) is 3.48. The van der Waals surface area contributed by atoms with Gasteiger partial charge in [0.15, 0.2) is 0 Å². The van der Waals surface area contributed by atoms with Crippen LogP contribution in [0.3, 0.4) is 0 Å². The first kappa shape index (κ1) is 15.9. The van der Waals surface area contributed by atoms with E-state index in [4.69, 9.17) is 9.47 Å². The fourth-order valence-corrected chi connectivity index (χ4v) is 3.48. The van der Waals surface area contributed by atoms with Crippen LogP contribution in [0.1, 0.15) is 11.1 Å². The minimum Gasteiger partial charge on any atom is -0.491 e. The lowest BCUT2D eigenvalue weighted by molar-refractivity contribution is -0.135. The summed E-state index contributed by atoms with van der Waals surface area (Å²) in [6.45, 7) is 3.24. The molecule has 0 aromatic heterocycles. The number of rotatable bonds is 5. The third-order valence-corrected chi connectivity index (χ3v) is 4.69. The first-order chi connectivity index (χ1) is 12.3. The van der Waals surface area contributed by atoms with Crippen molar-refractivity contribution in [3.63, 3.8) is 0 Å². The topological polar surface area (TPSA) is 38.8 Å². The predicted molar refractivity (Wildman–Crippen MR) is 94.4 cm³/mol. The highest BCUT2D eigenvalue weighted by Crippen LogP contribution is 2.32. The molecule has 25 heavy (non-hydrogen) atoms. The second-order valence-electron chi connectivity index (χ2n) is 6.56. The Balaban J connectivity index is 1.51. The number of cyclic esters (lactones) is 1. The van der Waals surface area contributed by atoms with Crippen molar-refractivity contribution in [3.05, 3.63) is 83.1 Å². The summed E-state index contributed by atoms with van der Waals surface area (Å²) in [6, 6.07) is 20.4. The van der Waals surface area contributed by atoms with Crippen molar-refractivity contribution in [2.45, 2.75) is 13.2 Å². The minimum atomic E-state index is -0.215. The first-order valence-electron chi connectivity index (χ1n) is 8.63. The fraction of sp³-hybridized carbons (Fsp3) is 0.286. The Morgan fingerprint density at radius 2 is 1.68 bits per heavy atom. The summed E-state index contributed by atoms with van der Waals surface area (Å²) in [5.41, 5.74) is 3.09. The number of ether oxygens (including phenoxy) is 2. The summed E-state index contributed by atoms with van der Waals surface area (Å²) >= 11 is 0. The van der Waals surface area contributed by atoms with Gasteiger partial charge in [-0.15, -0.1) is 0 Å². The Kier molecular flexibility index (Phi) is 4.53. The monoisotopic (exact) mass is 335 g/mol. The Bertz CT molecular complexity index is 770. The molecule has 2 aromatic carbocycles. The normalized spacial score (nSPS) is 20.3. The molecule has 0 amide bonds. The van der Waals surface area contributed by atoms with Gasteiger partial charge in [-0.1, -0.05) is 60.7 Å². The zero-order valence-electron chi connectivity index (χ0n) is 14.1. The van der Waals surface area contributed by atoms with Gasteiger partial charge in [0.25, 0.3) is 0 Å². The van der Waals surface area contributed by atoms with E-state index in [1.54, 1.807) is 0 Å². The van der Waals surface area contributed by atoms with Crippen LogP contribution in [0.4, 0.5) is 0 Å². The van der Waals surface area contributed by atoms with Crippen molar-refractivity contribution in [3.8, 4) is 0 Å². The average Bonchev–Trinajstić information content (AvgIpc) is 3.02. The molecule has 1 unspecified atom stereocenters. The Hall–Kier alpha value is -2.59. The van der Waals surface area contributed by atoms with E-state index in [-0.39, 0.29) is 11.9 Å². The maximum Gasteiger partial charge on any atom is 0.337 e. The van der Waals surface area contributed by atoms with Crippen LogP contribution in [0.2, 0.25) is 0 Å². The maximum absolute atomic E-state index is 12.1. The van der Waals surface area contributed by atoms with E-state index in [0.29, 0.717) is 19.8 Å². The second-order valence-corrected chi connectivity index (χ2v) is 6.56. The third kappa shape index (κ3) is 3.59. The molecule has 0 aliphatic carbocycles. The lowest BCUT2D eigenvalue weighted by Gasteiger charge is -2.31. The van der Waals surface area contributed by atoms with Gasteiger partial charge in [0.05, 0.1) is 12.1 Å². The molecule has 0 radical (unpaired) electrons. The molecule has 1 fully saturated rings. The largest absolute Gasteiger partial charge is 0.491 e. The van der Waals surface area contributed by atoms with Gasteiger partial charge in [-0.25, -0.2) is 4.79 Å². The van der Waals surface area contributed by atoms with E-state index >= 15 is 0 Å². The maximum atomic E-state index is 12.1. The molecule has 2 aliphatic heterocycles. The molecular weight excluding hydrogens is 314 g/mol. The van der Waals surface area contributed by atoms with Crippen molar-refractivity contribution < 1.29 is 14.3 Å². The minimum absolute atomic E-state index is 0.107. The van der Waals surface area contributed by atoms with Crippen molar-refractivity contribution >= 4 is 5.97 Å². The standard InChI is InChI=1S/C21H21NO3/c23-21-20-18(15-25-21)12-22(11-16-7-3-1-4-8-16)13-19(20)24-14-17-9-5-2-6-10-17/h1-10,18H,11-15H2. The van der Waals surface area contributed by atoms with Crippen molar-refractivity contribution in [2.75, 3.05) is 19.7 Å². The zero-order valence-corrected chi connectivity index (χ0v) is 14.1. The molecule has 4 rings (SSSR count). The zero-order chi connectivity index (χ0) is 17.1. The van der Waals surface area contributed by atoms with Crippen LogP contribution < -0.4 is 0 Å². The van der Waals surface area contributed by atoms with Gasteiger partial charge in [0, 0.05) is 19.0 Å². The summed E-state index contributed by atoms with van der Waals surface area (Å²) in [7, 11) is 0. The molecule has 1 atom stereocenters. The van der Waals surface area contributed by atoms with Crippen LogP contribution in [-0.4, -0.2) is 30.6 Å². The molecule has 0 bridgehead atoms. The molecule has 0 saturated carbocycles. The Morgan fingerprint density at radius 1 is 1.00 bits per heavy atom. The van der Waals surface area contributed by atoms with E-state index in [1.807, 2.05) is 36.4 Å². The van der Waals surface area contributed by atoms with Crippen molar-refractivity contribution in [1.29, 1.82) is 0 Å². The van der Waals surface area contributed by atoms with Crippen LogP contribution in [0.15, 0.2) is 72.0 Å². The highest BCUT2D eigenvalue weighted by atomic mass is 16.5. The highest BCUT2D eigenvalue weighted by Gasteiger charge is 2.39. The summed E-state index contributed by atoms with van der Waals surface area (Å²) < 4.78 is 11.3. The van der Waals surface area contributed by atoms with Gasteiger partial charge in [-0.05, 0) is 11.1 Å². The lowest BCUT2D eigenvalue weighted by Crippen LogP contribution is -2.37. The number of nitrogens with zero attached hydrogens (tertiary/aromatic N) is 1. The molecule has 2 aliphatic rings. The molecule has 4 heteroatoms. The van der Waals surface area contributed by atoms with Gasteiger partial charge in [0.2, 0.25) is 0 Å². The quantitative estimate of drug-likeness (QED) is 0.787. The van der Waals surface area contributed by atoms with Crippen molar-refractivity contribution in [1.82, 2.24) is 4.90 Å². The van der Waals surface area contributed by atoms with Crippen LogP contribution in [0.5, 0.6) is 0 Å². The molecule has 0 N–H and O–H groups in total. The number of fused-ring (bicyclic) bond motifs is 1. The van der Waals surface area contributed by atoms with Crippen LogP contribution >= 0.6 is 0 Å². The summed E-state index contributed by atoms with van der Waals surface area (Å²) in [5.74, 6) is 0.654. The van der Waals surface area contributed by atoms with Gasteiger partial charge in [0.1, 0.15) is 19.0 Å². The van der Waals surface area contributed by atoms with E-state index in [2.05, 4.69) is 29.2 Å². The number of esters is 1. The van der Waals surface area contributed by atoms with E-state index < -0.39 is 0 Å². The van der Waals surface area contributed by atoms with Gasteiger partial charge < -0.3 is 9.47 Å². The predicted octanol–water partition coefficient (Wildman–Crippen LogP) is 3.15. The molecular formula is C21H21NO3. The first-order valence-corrected chi connectivity index (χ1v) is 8.63. The molecule has 2 heterocycles. The molecule has 128 valence electrons. The third-order valence-electron chi connectivity index (χ3n) is 4.69. The lowest BCUT2D eigenvalue weighted by atomic mass is 9.96. The Morgan fingerprint density at radius 3 is 2.40 bits per heavy atom. The van der Waals surface area contributed by atoms with Gasteiger partial charge >= 0.3 is 5.97 Å². The van der Waals surface area contributed by atoms with Gasteiger partial charge in [-0.2, -0.15) is 0 Å². The molecule has 0 spiro atoms. The molecule has 4 nitrogen and oxygen atoms in total. The summed E-state index contributed by atoms with van der Waals surface area (Å²) in [5, 5.41) is 0. The van der Waals surface area contributed by atoms with Crippen LogP contribution in [-0.2, 0) is 27.4 Å². The van der Waals surface area contributed by atoms with E-state index in [1.165, 1.54) is 5.56 Å². The molecule has 1 saturated heterocycles.